The number of hydrogen-bond donors (Lipinski definition) is 3. The summed E-state index contributed by atoms with van der Waals surface area (Å²) >= 11 is 2.42. The molecule has 1 aliphatic heterocycles. The average Bonchev–Trinajstić information content (AvgIpc) is 2.97. The van der Waals surface area contributed by atoms with Crippen LogP contribution in [0.15, 0.2) is 22.7 Å². The van der Waals surface area contributed by atoms with Crippen molar-refractivity contribution in [1.29, 1.82) is 0 Å². The largest absolute Gasteiger partial charge is 0.537 e. The lowest BCUT2D eigenvalue weighted by Gasteiger charge is -2.28. The van der Waals surface area contributed by atoms with Gasteiger partial charge in [-0.15, -0.1) is 11.3 Å². The van der Waals surface area contributed by atoms with E-state index in [4.69, 9.17) is 10.4 Å². The fourth-order valence-electron chi connectivity index (χ4n) is 2.46. The summed E-state index contributed by atoms with van der Waals surface area (Å²) in [7, 11) is -1.18. The second kappa shape index (κ2) is 6.46. The van der Waals surface area contributed by atoms with E-state index in [0.717, 1.165) is 11.3 Å². The summed E-state index contributed by atoms with van der Waals surface area (Å²) in [6.07, 6.45) is 1.82. The lowest BCUT2D eigenvalue weighted by molar-refractivity contribution is 0.0693. The van der Waals surface area contributed by atoms with Crippen molar-refractivity contribution in [3.05, 3.63) is 39.9 Å². The van der Waals surface area contributed by atoms with Crippen LogP contribution >= 0.6 is 23.1 Å². The van der Waals surface area contributed by atoms with E-state index in [1.807, 2.05) is 0 Å². The van der Waals surface area contributed by atoms with Crippen LogP contribution in [-0.4, -0.2) is 39.3 Å². The summed E-state index contributed by atoms with van der Waals surface area (Å²) in [6, 6.07) is 3.52. The van der Waals surface area contributed by atoms with Gasteiger partial charge >= 0.3 is 13.1 Å². The van der Waals surface area contributed by atoms with E-state index in [9.17, 15) is 19.7 Å². The molecule has 124 valence electrons. The molecule has 4 N–H and O–H groups in total. The number of amides is 1. The van der Waals surface area contributed by atoms with Crippen LogP contribution in [-0.2, 0) is 6.42 Å². The Morgan fingerprint density at radius 2 is 2.25 bits per heavy atom. The molecule has 0 saturated carbocycles. The lowest BCUT2D eigenvalue weighted by Crippen LogP contribution is -2.40. The van der Waals surface area contributed by atoms with Crippen LogP contribution in [0.1, 0.15) is 31.2 Å². The van der Waals surface area contributed by atoms with Crippen LogP contribution < -0.4 is 10.4 Å². The van der Waals surface area contributed by atoms with E-state index in [1.165, 1.54) is 18.0 Å². The van der Waals surface area contributed by atoms with Crippen molar-refractivity contribution in [2.24, 2.45) is 5.73 Å². The smallest absolute Gasteiger partial charge is 0.535 e. The normalized spacial score (nSPS) is 16.4. The van der Waals surface area contributed by atoms with Gasteiger partial charge in [0.25, 0.3) is 5.91 Å². The van der Waals surface area contributed by atoms with Crippen molar-refractivity contribution < 1.29 is 24.4 Å². The molecular formula is C14H13BN2O5S2. The molecule has 1 aromatic heterocycles. The van der Waals surface area contributed by atoms with Gasteiger partial charge in [0.15, 0.2) is 0 Å². The van der Waals surface area contributed by atoms with E-state index in [-0.39, 0.29) is 16.5 Å². The Labute approximate surface area is 146 Å². The molecule has 24 heavy (non-hydrogen) atoms. The molecule has 0 spiro atoms. The molecule has 1 amide bonds. The summed E-state index contributed by atoms with van der Waals surface area (Å²) in [5.41, 5.74) is 6.56. The van der Waals surface area contributed by atoms with Crippen LogP contribution in [0, 0.1) is 6.92 Å². The second-order valence-electron chi connectivity index (χ2n) is 5.27. The molecule has 0 unspecified atom stereocenters. The highest BCUT2D eigenvalue weighted by atomic mass is 32.2. The van der Waals surface area contributed by atoms with Crippen LogP contribution in [0.5, 0.6) is 5.75 Å². The monoisotopic (exact) mass is 364 g/mol. The van der Waals surface area contributed by atoms with Crippen molar-refractivity contribution in [3.63, 3.8) is 0 Å². The number of thiazole rings is 1. The third-order valence-corrected chi connectivity index (χ3v) is 5.97. The predicted octanol–water partition coefficient (Wildman–Crippen LogP) is 1.36. The highest BCUT2D eigenvalue weighted by Gasteiger charge is 2.38. The van der Waals surface area contributed by atoms with Gasteiger partial charge in [-0.25, -0.2) is 9.78 Å². The first kappa shape index (κ1) is 16.8. The predicted molar refractivity (Wildman–Crippen MR) is 90.7 cm³/mol. The number of aromatic nitrogens is 1. The molecule has 0 aliphatic carbocycles. The number of primary amides is 1. The number of benzene rings is 1. The molecule has 1 atom stereocenters. The standard InChI is InChI=1S/C14H13BN2O5S2/c1-6-2-3-7-4-9(15(21)22-11(7)10(6)13(19)20)24-14-17-5-8(23-14)12(16)18/h2-3,5,9,21H,4H2,1H3,(H2,16,18)(H,19,20)/t9-/m0/s1. The summed E-state index contributed by atoms with van der Waals surface area (Å²) in [6.45, 7) is 1.68. The molecule has 2 heterocycles. The van der Waals surface area contributed by atoms with Crippen molar-refractivity contribution >= 4 is 42.1 Å². The second-order valence-corrected chi connectivity index (χ2v) is 7.79. The number of nitrogens with two attached hydrogens (primary N) is 1. The molecular weight excluding hydrogens is 351 g/mol. The van der Waals surface area contributed by atoms with E-state index in [1.54, 1.807) is 19.1 Å². The number of carboxylic acids is 1. The molecule has 0 fully saturated rings. The molecule has 0 bridgehead atoms. The van der Waals surface area contributed by atoms with Gasteiger partial charge in [0, 0.05) is 0 Å². The van der Waals surface area contributed by atoms with E-state index >= 15 is 0 Å². The zero-order valence-electron chi connectivity index (χ0n) is 12.6. The summed E-state index contributed by atoms with van der Waals surface area (Å²) < 4.78 is 6.07. The van der Waals surface area contributed by atoms with Crippen LogP contribution in [0.25, 0.3) is 0 Å². The fourth-order valence-corrected chi connectivity index (χ4v) is 4.59. The van der Waals surface area contributed by atoms with E-state index < -0.39 is 19.0 Å². The summed E-state index contributed by atoms with van der Waals surface area (Å²) in [5.74, 6) is -1.43. The Morgan fingerprint density at radius 1 is 1.50 bits per heavy atom. The van der Waals surface area contributed by atoms with Gasteiger partial charge in [-0.3, -0.25) is 4.79 Å². The number of hydrogen-bond acceptors (Lipinski definition) is 7. The molecule has 10 heteroatoms. The van der Waals surface area contributed by atoms with Crippen LogP contribution in [0.4, 0.5) is 0 Å². The Balaban J connectivity index is 1.85. The van der Waals surface area contributed by atoms with Gasteiger partial charge in [-0.05, 0) is 24.5 Å². The molecule has 0 saturated heterocycles. The molecule has 1 aliphatic rings. The van der Waals surface area contributed by atoms with Crippen molar-refractivity contribution in [1.82, 2.24) is 4.98 Å². The van der Waals surface area contributed by atoms with Gasteiger partial charge in [0.05, 0.1) is 11.3 Å². The maximum atomic E-state index is 11.4. The van der Waals surface area contributed by atoms with Gasteiger partial charge in [0.2, 0.25) is 0 Å². The number of aromatic carboxylic acids is 1. The lowest BCUT2D eigenvalue weighted by atomic mass is 9.77. The number of aryl methyl sites for hydroxylation is 1. The minimum Gasteiger partial charge on any atom is -0.535 e. The zero-order chi connectivity index (χ0) is 17.4. The molecule has 1 aromatic carbocycles. The average molecular weight is 364 g/mol. The quantitative estimate of drug-likeness (QED) is 0.700. The maximum Gasteiger partial charge on any atom is 0.537 e. The third-order valence-electron chi connectivity index (χ3n) is 3.62. The van der Waals surface area contributed by atoms with E-state index in [0.29, 0.717) is 26.8 Å². The molecule has 2 aromatic rings. The highest BCUT2D eigenvalue weighted by molar-refractivity contribution is 8.02. The third kappa shape index (κ3) is 3.12. The number of carboxylic acid groups (broad SMARTS) is 1. The molecule has 7 nitrogen and oxygen atoms in total. The number of rotatable bonds is 4. The van der Waals surface area contributed by atoms with Gasteiger partial charge < -0.3 is 20.5 Å². The summed E-state index contributed by atoms with van der Waals surface area (Å²) in [4.78, 5) is 27.0. The summed E-state index contributed by atoms with van der Waals surface area (Å²) in [5, 5.41) is 19.2. The Morgan fingerprint density at radius 3 is 2.88 bits per heavy atom. The zero-order valence-corrected chi connectivity index (χ0v) is 14.2. The number of carbonyl (C=O) groups is 2. The Hall–Kier alpha value is -2.04. The van der Waals surface area contributed by atoms with Crippen molar-refractivity contribution in [3.8, 4) is 5.75 Å². The van der Waals surface area contributed by atoms with Crippen LogP contribution in [0.3, 0.4) is 0 Å². The fraction of sp³-hybridized carbons (Fsp3) is 0.214. The minimum absolute atomic E-state index is 0.0697. The number of thioether (sulfide) groups is 1. The maximum absolute atomic E-state index is 11.4. The van der Waals surface area contributed by atoms with Gasteiger partial charge in [0.1, 0.15) is 20.5 Å². The highest BCUT2D eigenvalue weighted by Crippen LogP contribution is 2.38. The molecule has 3 rings (SSSR count). The minimum atomic E-state index is -1.18. The first-order valence-corrected chi connectivity index (χ1v) is 8.69. The SMILES string of the molecule is Cc1ccc2c(c1C(=O)O)OB(O)[C@@H](Sc1ncc(C(N)=O)s1)C2. The topological polar surface area (TPSA) is 123 Å². The first-order chi connectivity index (χ1) is 11.4. The number of carbonyl (C=O) groups excluding carboxylic acids is 1. The molecule has 0 radical (unpaired) electrons. The van der Waals surface area contributed by atoms with E-state index in [2.05, 4.69) is 4.98 Å². The Bertz CT molecular complexity index is 825. The Kier molecular flexibility index (Phi) is 4.53. The first-order valence-electron chi connectivity index (χ1n) is 6.99. The van der Waals surface area contributed by atoms with Crippen molar-refractivity contribution in [2.45, 2.75) is 22.8 Å². The number of fused-ring (bicyclic) bond motifs is 1. The number of nitrogens with zero attached hydrogens (tertiary/aromatic N) is 1. The van der Waals surface area contributed by atoms with Crippen LogP contribution in [0.2, 0.25) is 0 Å². The van der Waals surface area contributed by atoms with Crippen molar-refractivity contribution in [2.75, 3.05) is 0 Å². The van der Waals surface area contributed by atoms with Gasteiger partial charge in [-0.2, -0.15) is 0 Å². The van der Waals surface area contributed by atoms with Gasteiger partial charge in [-0.1, -0.05) is 23.9 Å².